The minimum atomic E-state index is 0. The smallest absolute Gasteiger partial charge is 1.00 e. The van der Waals surface area contributed by atoms with Gasteiger partial charge in [0.15, 0.2) is 0 Å². The van der Waals surface area contributed by atoms with Crippen molar-refractivity contribution in [3.63, 3.8) is 0 Å². The number of hydrogen-bond acceptors (Lipinski definition) is 0. The Morgan fingerprint density at radius 2 is 1.00 bits per heavy atom. The molecule has 0 aromatic carbocycles. The molecule has 0 aromatic heterocycles. The predicted octanol–water partition coefficient (Wildman–Crippen LogP) is -6.38. The summed E-state index contributed by atoms with van der Waals surface area (Å²) in [5.74, 6) is 0. The monoisotopic (exact) mass is 218 g/mol. The summed E-state index contributed by atoms with van der Waals surface area (Å²) in [4.78, 5) is 0. The molecule has 4 heteroatoms. The SMILES string of the molecule is [Br-].[Ca+2].[Cl-].[Zn+2]. The molecule has 0 amide bonds. The first kappa shape index (κ1) is 30.2. The van der Waals surface area contributed by atoms with Gasteiger partial charge < -0.3 is 29.4 Å². The van der Waals surface area contributed by atoms with Crippen molar-refractivity contribution >= 4 is 37.7 Å². The van der Waals surface area contributed by atoms with Gasteiger partial charge in [0.25, 0.3) is 0 Å². The van der Waals surface area contributed by atoms with Crippen LogP contribution in [-0.2, 0) is 19.5 Å². The third kappa shape index (κ3) is 8.82. The first-order valence-electron chi connectivity index (χ1n) is 0. The van der Waals surface area contributed by atoms with Gasteiger partial charge in [-0.3, -0.25) is 0 Å². The van der Waals surface area contributed by atoms with Gasteiger partial charge in [-0.2, -0.15) is 0 Å². The second kappa shape index (κ2) is 17.4. The van der Waals surface area contributed by atoms with E-state index in [4.69, 9.17) is 0 Å². The molecule has 0 atom stereocenters. The molecule has 0 saturated carbocycles. The fraction of sp³-hybridized carbons (Fsp3) is 0. The van der Waals surface area contributed by atoms with E-state index >= 15 is 0 Å². The van der Waals surface area contributed by atoms with Crippen molar-refractivity contribution in [2.75, 3.05) is 0 Å². The van der Waals surface area contributed by atoms with E-state index in [0.29, 0.717) is 0 Å². The molecule has 0 aliphatic carbocycles. The van der Waals surface area contributed by atoms with Crippen LogP contribution in [0.5, 0.6) is 0 Å². The van der Waals surface area contributed by atoms with Gasteiger partial charge in [0.05, 0.1) is 0 Å². The van der Waals surface area contributed by atoms with Crippen LogP contribution in [0.2, 0.25) is 0 Å². The van der Waals surface area contributed by atoms with E-state index < -0.39 is 0 Å². The zero-order valence-electron chi connectivity index (χ0n) is 2.17. The van der Waals surface area contributed by atoms with Crippen LogP contribution in [0.1, 0.15) is 0 Å². The van der Waals surface area contributed by atoms with E-state index in [1.165, 1.54) is 0 Å². The van der Waals surface area contributed by atoms with E-state index in [2.05, 4.69) is 0 Å². The van der Waals surface area contributed by atoms with E-state index in [1.807, 2.05) is 0 Å². The van der Waals surface area contributed by atoms with E-state index in [1.54, 1.807) is 0 Å². The minimum absolute atomic E-state index is 0. The van der Waals surface area contributed by atoms with E-state index in [9.17, 15) is 0 Å². The summed E-state index contributed by atoms with van der Waals surface area (Å²) in [5, 5.41) is 0. The Bertz CT molecular complexity index is 8.00. The number of halogens is 2. The van der Waals surface area contributed by atoms with Crippen LogP contribution in [0.4, 0.5) is 0 Å². The van der Waals surface area contributed by atoms with Gasteiger partial charge in [-0.25, -0.2) is 0 Å². The molecule has 0 spiro atoms. The fourth-order valence-corrected chi connectivity index (χ4v) is 0. The van der Waals surface area contributed by atoms with Crippen LogP contribution in [0.3, 0.4) is 0 Å². The molecule has 0 bridgehead atoms. The van der Waals surface area contributed by atoms with Crippen LogP contribution in [-0.4, -0.2) is 37.7 Å². The van der Waals surface area contributed by atoms with Crippen molar-refractivity contribution in [2.45, 2.75) is 0 Å². The van der Waals surface area contributed by atoms with Crippen molar-refractivity contribution in [1.82, 2.24) is 0 Å². The summed E-state index contributed by atoms with van der Waals surface area (Å²) >= 11 is 0. The average molecular weight is 221 g/mol. The molecule has 0 radical (unpaired) electrons. The third-order valence-corrected chi connectivity index (χ3v) is 0. The summed E-state index contributed by atoms with van der Waals surface area (Å²) < 4.78 is 0. The average Bonchev–Trinajstić information content (AvgIpc) is 0. The summed E-state index contributed by atoms with van der Waals surface area (Å²) in [7, 11) is 0. The Hall–Kier alpha value is 2.65. The Balaban J connectivity index is 0. The quantitative estimate of drug-likeness (QED) is 0.357. The molecule has 0 nitrogen and oxygen atoms in total. The van der Waals surface area contributed by atoms with Crippen molar-refractivity contribution < 1.29 is 48.9 Å². The van der Waals surface area contributed by atoms with Crippen LogP contribution >= 0.6 is 0 Å². The third-order valence-electron chi connectivity index (χ3n) is 0. The summed E-state index contributed by atoms with van der Waals surface area (Å²) in [6.45, 7) is 0. The maximum Gasteiger partial charge on any atom is 2.00 e. The first-order chi connectivity index (χ1) is 0. The zero-order valence-corrected chi connectivity index (χ0v) is 9.69. The maximum absolute atomic E-state index is 0. The van der Waals surface area contributed by atoms with E-state index in [0.717, 1.165) is 0 Å². The van der Waals surface area contributed by atoms with E-state index in [-0.39, 0.29) is 86.6 Å². The van der Waals surface area contributed by atoms with Gasteiger partial charge in [0.2, 0.25) is 0 Å². The van der Waals surface area contributed by atoms with Crippen molar-refractivity contribution in [2.24, 2.45) is 0 Å². The molecule has 0 N–H and O–H groups in total. The molecule has 0 fully saturated rings. The van der Waals surface area contributed by atoms with Crippen molar-refractivity contribution in [3.05, 3.63) is 0 Å². The Labute approximate surface area is 85.0 Å². The van der Waals surface area contributed by atoms with Gasteiger partial charge in [-0.15, -0.1) is 0 Å². The molecular weight excluding hydrogens is 221 g/mol. The summed E-state index contributed by atoms with van der Waals surface area (Å²) in [5.41, 5.74) is 0. The largest absolute Gasteiger partial charge is 2.00 e. The topological polar surface area (TPSA) is 0 Å². The summed E-state index contributed by atoms with van der Waals surface area (Å²) in [6, 6.07) is 0. The molecule has 16 valence electrons. The minimum Gasteiger partial charge on any atom is -1.00 e. The second-order valence-corrected chi connectivity index (χ2v) is 0. The standard InChI is InChI=1S/BrH.Ca.ClH.Zn/h1H;;1H;/q;+2;;+2/p-2. The number of rotatable bonds is 0. The maximum atomic E-state index is 0. The molecule has 0 aliphatic rings. The summed E-state index contributed by atoms with van der Waals surface area (Å²) in [6.07, 6.45) is 0. The van der Waals surface area contributed by atoms with Crippen molar-refractivity contribution in [1.29, 1.82) is 0 Å². The molecule has 0 heterocycles. The number of hydrogen-bond donors (Lipinski definition) is 0. The van der Waals surface area contributed by atoms with Gasteiger partial charge in [-0.05, 0) is 0 Å². The van der Waals surface area contributed by atoms with Crippen LogP contribution in [0, 0.1) is 0 Å². The van der Waals surface area contributed by atoms with Crippen LogP contribution in [0.15, 0.2) is 0 Å². The molecule has 0 aromatic rings. The molecule has 0 saturated heterocycles. The normalized spacial score (nSPS) is 0. The molecule has 4 heavy (non-hydrogen) atoms. The Kier molecular flexibility index (Phi) is 131. The first-order valence-corrected chi connectivity index (χ1v) is 0. The zero-order chi connectivity index (χ0) is 0. The predicted molar refractivity (Wildman–Crippen MR) is 5.75 cm³/mol. The Morgan fingerprint density at radius 1 is 1.00 bits per heavy atom. The van der Waals surface area contributed by atoms with Gasteiger partial charge >= 0.3 is 57.2 Å². The molecule has 0 rings (SSSR count). The molecule has 0 aliphatic heterocycles. The fourth-order valence-electron chi connectivity index (χ4n) is 0. The van der Waals surface area contributed by atoms with Gasteiger partial charge in [0.1, 0.15) is 0 Å². The molecule has 0 unspecified atom stereocenters. The van der Waals surface area contributed by atoms with Gasteiger partial charge in [-0.1, -0.05) is 0 Å². The van der Waals surface area contributed by atoms with Gasteiger partial charge in [0, 0.05) is 0 Å². The molecular formula is BrCaClZn+2. The Morgan fingerprint density at radius 3 is 1.00 bits per heavy atom. The van der Waals surface area contributed by atoms with Crippen molar-refractivity contribution in [3.8, 4) is 0 Å². The van der Waals surface area contributed by atoms with Crippen LogP contribution < -0.4 is 29.4 Å². The van der Waals surface area contributed by atoms with Crippen LogP contribution in [0.25, 0.3) is 0 Å². The second-order valence-electron chi connectivity index (χ2n) is 0.